The number of nitrogen functional groups attached to an aromatic ring is 1. The molecule has 5 atom stereocenters. The van der Waals surface area contributed by atoms with Gasteiger partial charge in [-0.2, -0.15) is 15.4 Å². The first-order valence-electron chi connectivity index (χ1n) is 15.2. The zero-order valence-corrected chi connectivity index (χ0v) is 28.3. The summed E-state index contributed by atoms with van der Waals surface area (Å²) in [5, 5.41) is 17.5. The van der Waals surface area contributed by atoms with Gasteiger partial charge in [-0.25, -0.2) is 14.1 Å². The van der Waals surface area contributed by atoms with Crippen LogP contribution in [0.1, 0.15) is 47.2 Å². The van der Waals surface area contributed by atoms with Gasteiger partial charge < -0.3 is 29.2 Å². The average Bonchev–Trinajstić information content (AvgIpc) is 3.62. The molecule has 0 aliphatic carbocycles. The van der Waals surface area contributed by atoms with Gasteiger partial charge in [-0.1, -0.05) is 45.9 Å². The molecule has 0 bridgehead atoms. The minimum atomic E-state index is -4.53. The van der Waals surface area contributed by atoms with Crippen LogP contribution in [0.25, 0.3) is 5.52 Å². The summed E-state index contributed by atoms with van der Waals surface area (Å²) in [6.07, 6.45) is -0.530. The molecule has 4 rings (SSSR count). The maximum Gasteiger partial charge on any atom is 0.459 e. The summed E-state index contributed by atoms with van der Waals surface area (Å²) in [7, 11) is -4.53. The van der Waals surface area contributed by atoms with Crippen LogP contribution in [-0.4, -0.2) is 70.1 Å². The highest BCUT2D eigenvalue weighted by molar-refractivity contribution is 7.52. The number of nitriles is 1. The number of hydrogen-bond acceptors (Lipinski definition) is 14. The van der Waals surface area contributed by atoms with Crippen molar-refractivity contribution in [3.8, 4) is 11.8 Å². The van der Waals surface area contributed by atoms with Crippen molar-refractivity contribution >= 4 is 37.0 Å². The number of benzene rings is 1. The monoisotopic (exact) mass is 686 g/mol. The first-order valence-corrected chi connectivity index (χ1v) is 16.8. The number of aromatic nitrogens is 3. The van der Waals surface area contributed by atoms with Crippen molar-refractivity contribution in [3.63, 3.8) is 0 Å². The van der Waals surface area contributed by atoms with Gasteiger partial charge in [0.25, 0.3) is 0 Å². The fourth-order valence-electron chi connectivity index (χ4n) is 4.81. The van der Waals surface area contributed by atoms with Crippen molar-refractivity contribution in [1.29, 1.82) is 5.26 Å². The van der Waals surface area contributed by atoms with Gasteiger partial charge >= 0.3 is 25.7 Å². The van der Waals surface area contributed by atoms with Crippen LogP contribution < -0.4 is 15.3 Å². The molecule has 1 unspecified atom stereocenters. The highest BCUT2D eigenvalue weighted by Gasteiger charge is 2.67. The summed E-state index contributed by atoms with van der Waals surface area (Å²) >= 11 is 0. The van der Waals surface area contributed by atoms with E-state index in [1.807, 2.05) is 6.07 Å². The predicted octanol–water partition coefficient (Wildman–Crippen LogP) is 3.31. The third kappa shape index (κ3) is 7.44. The predicted molar refractivity (Wildman–Crippen MR) is 169 cm³/mol. The number of nitrogens with two attached hydrogens (primary N) is 1. The molecule has 0 amide bonds. The van der Waals surface area contributed by atoms with E-state index in [1.165, 1.54) is 36.0 Å². The van der Waals surface area contributed by atoms with Gasteiger partial charge in [0, 0.05) is 0 Å². The van der Waals surface area contributed by atoms with Crippen LogP contribution in [0.4, 0.5) is 5.82 Å². The van der Waals surface area contributed by atoms with E-state index in [0.717, 1.165) is 0 Å². The maximum atomic E-state index is 14.3. The molecule has 1 aliphatic heterocycles. The Hall–Kier alpha value is -4.55. The van der Waals surface area contributed by atoms with Gasteiger partial charge in [-0.15, -0.1) is 0 Å². The molecule has 3 N–H and O–H groups in total. The van der Waals surface area contributed by atoms with Gasteiger partial charge in [0.1, 0.15) is 36.3 Å². The summed E-state index contributed by atoms with van der Waals surface area (Å²) in [5.74, 6) is -3.34. The molecule has 0 spiro atoms. The fourth-order valence-corrected chi connectivity index (χ4v) is 6.33. The Morgan fingerprint density at radius 1 is 1.10 bits per heavy atom. The van der Waals surface area contributed by atoms with Crippen molar-refractivity contribution in [2.45, 2.75) is 64.9 Å². The third-order valence-electron chi connectivity index (χ3n) is 7.37. The molecule has 3 aromatic rings. The summed E-state index contributed by atoms with van der Waals surface area (Å²) in [5.41, 5.74) is 2.32. The zero-order valence-electron chi connectivity index (χ0n) is 27.4. The number of anilines is 1. The summed E-state index contributed by atoms with van der Waals surface area (Å²) < 4.78 is 50.4. The molecule has 3 heterocycles. The van der Waals surface area contributed by atoms with Gasteiger partial charge in [-0.3, -0.25) is 18.9 Å². The van der Waals surface area contributed by atoms with E-state index in [1.54, 1.807) is 58.9 Å². The number of carbonyl (C=O) groups excluding carboxylic acids is 3. The number of hydrogen-bond donors (Lipinski definition) is 2. The van der Waals surface area contributed by atoms with E-state index in [0.29, 0.717) is 5.52 Å². The zero-order chi connectivity index (χ0) is 35.3. The number of fused-ring (bicyclic) bond motifs is 1. The first-order chi connectivity index (χ1) is 22.7. The van der Waals surface area contributed by atoms with E-state index < -0.39 is 74.1 Å². The second kappa shape index (κ2) is 14.7. The van der Waals surface area contributed by atoms with Crippen LogP contribution in [0.15, 0.2) is 48.8 Å². The second-order valence-electron chi connectivity index (χ2n) is 11.7. The Kier molecular flexibility index (Phi) is 11.1. The summed E-state index contributed by atoms with van der Waals surface area (Å²) in [4.78, 5) is 43.0. The molecule has 1 aromatic carbocycles. The summed E-state index contributed by atoms with van der Waals surface area (Å²) in [6.45, 7) is 8.05. The van der Waals surface area contributed by atoms with E-state index in [9.17, 15) is 24.2 Å². The number of ether oxygens (including phenoxy) is 4. The molecule has 1 fully saturated rings. The highest BCUT2D eigenvalue weighted by atomic mass is 31.2. The number of nitrogens with zero attached hydrogens (tertiary/aromatic N) is 4. The number of esters is 3. The maximum absolute atomic E-state index is 14.3. The van der Waals surface area contributed by atoms with Gasteiger partial charge in [0.15, 0.2) is 11.9 Å². The fraction of sp³-hybridized carbons (Fsp3) is 0.484. The molecule has 16 nitrogen and oxygen atoms in total. The lowest BCUT2D eigenvalue weighted by Gasteiger charge is -2.37. The number of carbonyl (C=O) groups is 3. The van der Waals surface area contributed by atoms with Crippen molar-refractivity contribution in [3.05, 3.63) is 54.5 Å². The molecule has 17 heteroatoms. The van der Waals surface area contributed by atoms with Gasteiger partial charge in [0.05, 0.1) is 30.7 Å². The molecule has 258 valence electrons. The quantitative estimate of drug-likeness (QED) is 0.141. The average molecular weight is 687 g/mol. The Morgan fingerprint density at radius 3 is 2.42 bits per heavy atom. The SMILES string of the molecule is CCOC(=O)[C@H](C)N[P@@](=O)(OC[C@@]1(C#N)OCC(OC(=O)C(C)C)(c2ccc3c(N)ncnn23)[C@@H]1OC(=O)C(C)C)Oc1ccccc1. The number of para-hydroxylation sites is 1. The standard InChI is InChI=1S/C31H39N6O10P/c1-7-42-28(40)21(6)36-48(41,47-22-11-9-8-10-12-22)44-16-30(15-32)29(45-26(38)19(2)3)31(17-43-30,46-27(39)20(4)5)24-14-13-23-25(33)34-18-35-37(23)24/h8-14,18-21,29H,7,16-17H2,1-6H3,(H,36,41)(H2,33,34,35)/t21-,29+,30+,31?,48+/m0/s1. The molecular weight excluding hydrogens is 647 g/mol. The number of rotatable bonds is 14. The van der Waals surface area contributed by atoms with E-state index in [-0.39, 0.29) is 23.9 Å². The van der Waals surface area contributed by atoms with Crippen LogP contribution in [0, 0.1) is 23.2 Å². The van der Waals surface area contributed by atoms with Gasteiger partial charge in [-0.05, 0) is 38.1 Å². The minimum Gasteiger partial charge on any atom is -0.465 e. The summed E-state index contributed by atoms with van der Waals surface area (Å²) in [6, 6.07) is 11.9. The van der Waals surface area contributed by atoms with Crippen LogP contribution in [0.5, 0.6) is 5.75 Å². The first kappa shape index (κ1) is 36.3. The Labute approximate surface area is 277 Å². The third-order valence-corrected chi connectivity index (χ3v) is 8.99. The van der Waals surface area contributed by atoms with E-state index in [2.05, 4.69) is 15.2 Å². The second-order valence-corrected chi connectivity index (χ2v) is 13.4. The van der Waals surface area contributed by atoms with Crippen LogP contribution in [-0.2, 0) is 48.0 Å². The van der Waals surface area contributed by atoms with E-state index >= 15 is 0 Å². The van der Waals surface area contributed by atoms with Crippen LogP contribution in [0.2, 0.25) is 0 Å². The molecule has 0 radical (unpaired) electrons. The molecular formula is C31H39N6O10P. The normalized spacial score (nSPS) is 22.5. The van der Waals surface area contributed by atoms with Crippen molar-refractivity contribution in [2.75, 3.05) is 25.6 Å². The van der Waals surface area contributed by atoms with E-state index in [4.69, 9.17) is 33.7 Å². The van der Waals surface area contributed by atoms with Crippen molar-refractivity contribution in [1.82, 2.24) is 19.7 Å². The molecule has 48 heavy (non-hydrogen) atoms. The Balaban J connectivity index is 1.83. The molecule has 0 saturated carbocycles. The lowest BCUT2D eigenvalue weighted by atomic mass is 9.85. The smallest absolute Gasteiger partial charge is 0.459 e. The van der Waals surface area contributed by atoms with Crippen LogP contribution in [0.3, 0.4) is 0 Å². The van der Waals surface area contributed by atoms with Crippen molar-refractivity contribution < 1.29 is 46.9 Å². The Bertz CT molecular complexity index is 1730. The van der Waals surface area contributed by atoms with Crippen LogP contribution >= 0.6 is 7.75 Å². The topological polar surface area (TPSA) is 216 Å². The minimum absolute atomic E-state index is 0.0615. The van der Waals surface area contributed by atoms with Gasteiger partial charge in [0.2, 0.25) is 11.2 Å². The Morgan fingerprint density at radius 2 is 1.79 bits per heavy atom. The molecule has 1 saturated heterocycles. The highest BCUT2D eigenvalue weighted by Crippen LogP contribution is 2.51. The lowest BCUT2D eigenvalue weighted by Crippen LogP contribution is -2.55. The molecule has 2 aromatic heterocycles. The van der Waals surface area contributed by atoms with Crippen molar-refractivity contribution in [2.24, 2.45) is 11.8 Å². The molecule has 1 aliphatic rings. The number of nitrogens with one attached hydrogen (secondary N) is 1. The largest absolute Gasteiger partial charge is 0.465 e. The lowest BCUT2D eigenvalue weighted by molar-refractivity contribution is -0.191.